The van der Waals surface area contributed by atoms with E-state index >= 15 is 0 Å². The van der Waals surface area contributed by atoms with Crippen LogP contribution in [-0.2, 0) is 109 Å². The minimum Gasteiger partial charge on any atom is -0.373 e. The molecule has 0 fully saturated rings. The van der Waals surface area contributed by atoms with Crippen LogP contribution in [0.5, 0.6) is 0 Å². The van der Waals surface area contributed by atoms with Gasteiger partial charge in [-0.25, -0.2) is 0 Å². The van der Waals surface area contributed by atoms with E-state index < -0.39 is 0 Å². The second-order valence-electron chi connectivity index (χ2n) is 30.1. The molecule has 4 radical (unpaired) electrons. The topological polar surface area (TPSA) is 123 Å². The summed E-state index contributed by atoms with van der Waals surface area (Å²) in [7, 11) is 7.90. The number of pyridine rings is 4. The van der Waals surface area contributed by atoms with E-state index in [1.165, 1.54) is 103 Å². The molecule has 12 nitrogen and oxygen atoms in total. The number of rotatable bonds is 8. The average Bonchev–Trinajstić information content (AvgIpc) is 1.58. The largest absolute Gasteiger partial charge is 0.373 e. The van der Waals surface area contributed by atoms with E-state index in [9.17, 15) is 0 Å². The molecule has 0 aliphatic rings. The van der Waals surface area contributed by atoms with Gasteiger partial charge in [-0.1, -0.05) is 142 Å². The molecule has 0 aliphatic heterocycles. The maximum atomic E-state index is 4.61. The van der Waals surface area contributed by atoms with Gasteiger partial charge in [0, 0.05) is 202 Å². The minimum atomic E-state index is 0. The predicted octanol–water partition coefficient (Wildman–Crippen LogP) is 28.4. The number of benzene rings is 12. The van der Waals surface area contributed by atoms with Gasteiger partial charge in [0.2, 0.25) is 0 Å². The molecule has 20 heteroatoms. The van der Waals surface area contributed by atoms with Crippen LogP contribution < -0.4 is 0 Å². The second-order valence-corrected chi connectivity index (χ2v) is 34.3. The standard InChI is InChI=1S/2C19H14NS.2C17H10NS.4C10H9N2.4Ir/c2*1-12-10-17(20-11-13(12)2)16-8-5-7-15-14-6-3-4-9-18(14)21-19(15)16;2*1-2-10-16-12(6-1)13-7-5-8-14(17(13)19-16)15-9-3-4-11-18-15;4*1-12-8-7-11-10(12)9-5-3-2-4-6-9;;;;/h2*3-7,9-11H,1-2H3;2*1-7,9-11H;4*2-5,7-8H,1H3;;;;/q8*-1;;;;. The maximum absolute atomic E-state index is 4.61. The number of aromatic nitrogens is 12. The summed E-state index contributed by atoms with van der Waals surface area (Å²) in [5, 5.41) is 10.4. The van der Waals surface area contributed by atoms with Crippen LogP contribution in [0.25, 0.3) is 171 Å². The number of nitrogens with zero attached hydrogens (tertiary/aromatic N) is 12. The summed E-state index contributed by atoms with van der Waals surface area (Å²) in [4.78, 5) is 35.0. The van der Waals surface area contributed by atoms with Crippen LogP contribution in [0.15, 0.2) is 366 Å². The molecule has 12 heterocycles. The Morgan fingerprint density at radius 2 is 0.470 bits per heavy atom. The number of aryl methyl sites for hydroxylation is 8. The van der Waals surface area contributed by atoms with E-state index in [2.05, 4.69) is 250 Å². The third-order valence-electron chi connectivity index (χ3n) is 21.5. The molecule has 0 saturated heterocycles. The van der Waals surface area contributed by atoms with Gasteiger partial charge in [0.05, 0.1) is 23.3 Å². The van der Waals surface area contributed by atoms with Gasteiger partial charge < -0.3 is 38.2 Å². The van der Waals surface area contributed by atoms with Crippen molar-refractivity contribution in [2.45, 2.75) is 27.7 Å². The number of fused-ring (bicyclic) bond motifs is 12. The van der Waals surface area contributed by atoms with E-state index in [1.807, 2.05) is 299 Å². The first-order valence-electron chi connectivity index (χ1n) is 41.6. The summed E-state index contributed by atoms with van der Waals surface area (Å²) in [5.74, 6) is 3.82. The second kappa shape index (κ2) is 46.6. The number of hydrogen-bond acceptors (Lipinski definition) is 12. The molecule has 0 aliphatic carbocycles. The minimum absolute atomic E-state index is 0. The Kier molecular flexibility index (Phi) is 34.3. The fraction of sp³-hybridized carbons (Fsp3) is 0.0714. The van der Waals surface area contributed by atoms with Gasteiger partial charge in [-0.05, 0) is 138 Å². The van der Waals surface area contributed by atoms with Gasteiger partial charge in [0.25, 0.3) is 0 Å². The van der Waals surface area contributed by atoms with Crippen molar-refractivity contribution in [1.82, 2.24) is 58.1 Å². The number of hydrogen-bond donors (Lipinski definition) is 0. The Bertz CT molecular complexity index is 7210. The molecule has 12 aromatic heterocycles. The Morgan fingerprint density at radius 3 is 0.697 bits per heavy atom. The van der Waals surface area contributed by atoms with Crippen molar-refractivity contribution in [2.24, 2.45) is 28.2 Å². The molecule has 0 saturated carbocycles. The summed E-state index contributed by atoms with van der Waals surface area (Å²) in [6.45, 7) is 8.45. The van der Waals surface area contributed by atoms with Gasteiger partial charge in [0.1, 0.15) is 0 Å². The predicted molar refractivity (Wildman–Crippen MR) is 534 cm³/mol. The number of imidazole rings is 4. The summed E-state index contributed by atoms with van der Waals surface area (Å²) >= 11 is 7.27. The molecule has 0 bridgehead atoms. The zero-order valence-corrected chi connectivity index (χ0v) is 85.8. The third kappa shape index (κ3) is 22.6. The molecule has 132 heavy (non-hydrogen) atoms. The summed E-state index contributed by atoms with van der Waals surface area (Å²) in [5.41, 5.74) is 17.5. The van der Waals surface area contributed by atoms with Crippen LogP contribution in [0.4, 0.5) is 0 Å². The molecule has 660 valence electrons. The first-order valence-corrected chi connectivity index (χ1v) is 44.9. The average molecular weight is 2500 g/mol. The van der Waals surface area contributed by atoms with Crippen LogP contribution in [0.3, 0.4) is 0 Å². The molecule has 12 aromatic carbocycles. The Hall–Kier alpha value is -12.4. The van der Waals surface area contributed by atoms with Gasteiger partial charge >= 0.3 is 0 Å². The van der Waals surface area contributed by atoms with Crippen molar-refractivity contribution in [1.29, 1.82) is 0 Å². The van der Waals surface area contributed by atoms with Crippen LogP contribution in [-0.4, -0.2) is 58.1 Å². The fourth-order valence-corrected chi connectivity index (χ4v) is 19.5. The summed E-state index contributed by atoms with van der Waals surface area (Å²) in [6, 6.07) is 124. The molecule has 0 spiro atoms. The molecule has 24 aromatic rings. The maximum Gasteiger partial charge on any atom is 0.0555 e. The smallest absolute Gasteiger partial charge is 0.0555 e. The number of thiophene rings is 4. The molecule has 0 amide bonds. The summed E-state index contributed by atoms with van der Waals surface area (Å²) < 4.78 is 18.3. The van der Waals surface area contributed by atoms with Crippen molar-refractivity contribution >= 4 is 126 Å². The first kappa shape index (κ1) is 97.1. The van der Waals surface area contributed by atoms with Crippen LogP contribution in [0.2, 0.25) is 0 Å². The normalized spacial score (nSPS) is 10.5. The van der Waals surface area contributed by atoms with Crippen LogP contribution >= 0.6 is 45.3 Å². The van der Waals surface area contributed by atoms with E-state index in [4.69, 9.17) is 0 Å². The molecule has 0 unspecified atom stereocenters. The fourth-order valence-electron chi connectivity index (χ4n) is 14.7. The van der Waals surface area contributed by atoms with Crippen molar-refractivity contribution in [3.63, 3.8) is 0 Å². The Morgan fingerprint density at radius 1 is 0.220 bits per heavy atom. The van der Waals surface area contributed by atoms with Crippen molar-refractivity contribution in [3.05, 3.63) is 436 Å². The monoisotopic (exact) mass is 2500 g/mol. The SMILES string of the molecule is Cc1cnc(-c2[c-]ccc3c2sc2ccccc23)cc1C.Cc1cnc(-c2[c-]ccc3c2sc2ccccc23)cc1C.Cn1ccnc1-c1[c-]cccc1.Cn1ccnc1-c1[c-]cccc1.Cn1ccnc1-c1[c-]cccc1.Cn1ccnc1-c1[c-]cccc1.[Ir].[Ir].[Ir].[Ir].[c-]1ccc2c(sc3ccccc32)c1-c1ccccn1.[c-]1ccc2c(sc3ccccc32)c1-c1ccccn1. The molecular formula is C112H84Ir4N12S4-8. The van der Waals surface area contributed by atoms with Gasteiger partial charge in [-0.3, -0.25) is 19.9 Å². The molecular weight excluding hydrogens is 2410 g/mol. The van der Waals surface area contributed by atoms with E-state index in [0.29, 0.717) is 0 Å². The van der Waals surface area contributed by atoms with Crippen molar-refractivity contribution in [3.8, 4) is 90.6 Å². The van der Waals surface area contributed by atoms with Crippen molar-refractivity contribution < 1.29 is 80.4 Å². The zero-order valence-electron chi connectivity index (χ0n) is 73.0. The molecule has 0 N–H and O–H groups in total. The quantitative estimate of drug-likeness (QED) is 0.138. The van der Waals surface area contributed by atoms with Gasteiger partial charge in [-0.2, -0.15) is 45.3 Å². The Balaban J connectivity index is 0.000000129. The van der Waals surface area contributed by atoms with E-state index in [1.54, 1.807) is 24.8 Å². The van der Waals surface area contributed by atoms with Crippen LogP contribution in [0.1, 0.15) is 22.3 Å². The van der Waals surface area contributed by atoms with E-state index in [0.717, 1.165) is 90.6 Å². The summed E-state index contributed by atoms with van der Waals surface area (Å²) in [6.07, 6.45) is 22.4. The Labute approximate surface area is 839 Å². The van der Waals surface area contributed by atoms with Crippen molar-refractivity contribution in [2.75, 3.05) is 0 Å². The third-order valence-corrected chi connectivity index (χ3v) is 26.4. The molecule has 0 atom stereocenters. The molecule has 24 rings (SSSR count). The van der Waals surface area contributed by atoms with E-state index in [-0.39, 0.29) is 80.4 Å². The zero-order chi connectivity index (χ0) is 87.7. The van der Waals surface area contributed by atoms with Gasteiger partial charge in [-0.15, -0.1) is 239 Å². The van der Waals surface area contributed by atoms with Gasteiger partial charge in [0.15, 0.2) is 0 Å². The first-order chi connectivity index (χ1) is 62.8. The van der Waals surface area contributed by atoms with Crippen LogP contribution in [0, 0.1) is 76.2 Å².